The maximum Gasteiger partial charge on any atom is 0.500 e. The molecule has 0 amide bonds. The lowest BCUT2D eigenvalue weighted by Crippen LogP contribution is -2.42. The van der Waals surface area contributed by atoms with Crippen LogP contribution in [0.1, 0.15) is 38.5 Å². The Bertz CT molecular complexity index is 226. The number of hydrogen-bond acceptors (Lipinski definition) is 8. The lowest BCUT2D eigenvalue weighted by Gasteiger charge is -2.23. The van der Waals surface area contributed by atoms with Crippen molar-refractivity contribution in [1.29, 1.82) is 0 Å². The minimum absolute atomic E-state index is 0.536. The van der Waals surface area contributed by atoms with E-state index in [1.807, 2.05) is 0 Å². The fraction of sp³-hybridized carbons (Fsp3) is 1.00. The molecule has 1 aliphatic carbocycles. The summed E-state index contributed by atoms with van der Waals surface area (Å²) in [5.41, 5.74) is 5.63. The molecule has 21 heavy (non-hydrogen) atoms. The van der Waals surface area contributed by atoms with Gasteiger partial charge < -0.3 is 19.0 Å². The second kappa shape index (κ2) is 14.6. The lowest BCUT2D eigenvalue weighted by molar-refractivity contribution is 0.123. The first-order valence-corrected chi connectivity index (χ1v) is 12.8. The highest BCUT2D eigenvalue weighted by atomic mass is 33.5. The van der Waals surface area contributed by atoms with Crippen molar-refractivity contribution in [2.24, 2.45) is 10.9 Å². The van der Waals surface area contributed by atoms with E-state index >= 15 is 0 Å². The highest BCUT2D eigenvalue weighted by molar-refractivity contribution is 9.09. The van der Waals surface area contributed by atoms with Crippen molar-refractivity contribution >= 4 is 40.4 Å². The Morgan fingerprint density at radius 1 is 1.05 bits per heavy atom. The first kappa shape index (κ1) is 22.1. The van der Waals surface area contributed by atoms with Gasteiger partial charge in [-0.05, 0) is 40.1 Å². The van der Waals surface area contributed by atoms with E-state index in [0.717, 1.165) is 18.2 Å². The molecule has 4 N–H and O–H groups in total. The van der Waals surface area contributed by atoms with Gasteiger partial charge in [-0.2, -0.15) is 0 Å². The van der Waals surface area contributed by atoms with Crippen LogP contribution in [-0.4, -0.2) is 41.9 Å². The zero-order chi connectivity index (χ0) is 16.0. The molecule has 1 aliphatic rings. The largest absolute Gasteiger partial charge is 0.500 e. The van der Waals surface area contributed by atoms with Gasteiger partial charge in [0.1, 0.15) is 0 Å². The van der Waals surface area contributed by atoms with Crippen molar-refractivity contribution in [2.75, 3.05) is 27.1 Å². The first-order valence-electron chi connectivity index (χ1n) is 7.20. The van der Waals surface area contributed by atoms with Crippen molar-refractivity contribution in [3.05, 3.63) is 0 Å². The summed E-state index contributed by atoms with van der Waals surface area (Å²) in [5, 5.41) is 5.27. The first-order chi connectivity index (χ1) is 10.1. The van der Waals surface area contributed by atoms with Crippen LogP contribution in [0, 0.1) is 0 Å². The summed E-state index contributed by atoms with van der Waals surface area (Å²) in [7, 11) is 7.16. The molecule has 1 rings (SSSR count). The SMILES string of the molecule is CO[Si](CCCSSSN)(OC)OC.NC1CCCCC1. The third-order valence-corrected chi connectivity index (χ3v) is 9.44. The predicted molar refractivity (Wildman–Crippen MR) is 99.1 cm³/mol. The van der Waals surface area contributed by atoms with Crippen molar-refractivity contribution < 1.29 is 13.3 Å². The zero-order valence-corrected chi connectivity index (χ0v) is 16.8. The van der Waals surface area contributed by atoms with Gasteiger partial charge in [-0.1, -0.05) is 30.1 Å². The molecule has 0 heterocycles. The number of nitrogens with two attached hydrogens (primary N) is 2. The van der Waals surface area contributed by atoms with Crippen LogP contribution in [0.5, 0.6) is 0 Å². The molecule has 0 aromatic heterocycles. The standard InChI is InChI=1S/C6H17NO3S3Si.C6H13N/c1-8-14(9-2,10-3)6-4-5-11-13-12-7;7-6-4-2-1-3-5-6/h4-7H2,1-3H3;6H,1-5,7H2. The van der Waals surface area contributed by atoms with Crippen LogP contribution in [0.4, 0.5) is 0 Å². The van der Waals surface area contributed by atoms with Crippen molar-refractivity contribution in [3.8, 4) is 0 Å². The minimum Gasteiger partial charge on any atom is -0.377 e. The molecule has 0 atom stereocenters. The molecule has 0 unspecified atom stereocenters. The van der Waals surface area contributed by atoms with Crippen LogP contribution < -0.4 is 10.9 Å². The molecule has 1 fully saturated rings. The van der Waals surface area contributed by atoms with E-state index in [-0.39, 0.29) is 0 Å². The van der Waals surface area contributed by atoms with E-state index < -0.39 is 8.80 Å². The summed E-state index contributed by atoms with van der Waals surface area (Å²) in [5.74, 6) is 1.03. The topological polar surface area (TPSA) is 79.7 Å². The van der Waals surface area contributed by atoms with Crippen LogP contribution >= 0.6 is 31.6 Å². The normalized spacial score (nSPS) is 16.4. The molecule has 0 spiro atoms. The van der Waals surface area contributed by atoms with Gasteiger partial charge in [0, 0.05) is 39.2 Å². The Kier molecular flexibility index (Phi) is 15.4. The van der Waals surface area contributed by atoms with Crippen LogP contribution in [0.15, 0.2) is 0 Å². The third-order valence-electron chi connectivity index (χ3n) is 3.38. The van der Waals surface area contributed by atoms with Crippen molar-refractivity contribution in [3.63, 3.8) is 0 Å². The zero-order valence-electron chi connectivity index (χ0n) is 13.3. The van der Waals surface area contributed by atoms with Crippen LogP contribution in [0.25, 0.3) is 0 Å². The molecule has 0 radical (unpaired) electrons. The fourth-order valence-electron chi connectivity index (χ4n) is 2.10. The summed E-state index contributed by atoms with van der Waals surface area (Å²) in [6.45, 7) is 0. The molecule has 128 valence electrons. The van der Waals surface area contributed by atoms with E-state index in [4.69, 9.17) is 24.2 Å². The summed E-state index contributed by atoms with van der Waals surface area (Å²) >= 11 is 0. The van der Waals surface area contributed by atoms with E-state index in [9.17, 15) is 0 Å². The summed E-state index contributed by atoms with van der Waals surface area (Å²) < 4.78 is 15.9. The van der Waals surface area contributed by atoms with E-state index in [0.29, 0.717) is 6.04 Å². The fourth-order valence-corrected chi connectivity index (χ4v) is 6.30. The second-order valence-corrected chi connectivity index (χ2v) is 11.8. The summed E-state index contributed by atoms with van der Waals surface area (Å²) in [4.78, 5) is 0. The Hall–Kier alpha value is 1.07. The summed E-state index contributed by atoms with van der Waals surface area (Å²) in [6, 6.07) is 1.38. The highest BCUT2D eigenvalue weighted by Crippen LogP contribution is 2.31. The van der Waals surface area contributed by atoms with Crippen LogP contribution in [0.3, 0.4) is 0 Å². The second-order valence-electron chi connectivity index (χ2n) is 4.78. The molecule has 0 saturated heterocycles. The molecule has 0 bridgehead atoms. The number of rotatable bonds is 9. The maximum atomic E-state index is 5.63. The number of hydrogen-bond donors (Lipinski definition) is 2. The maximum absolute atomic E-state index is 5.63. The monoisotopic (exact) mass is 374 g/mol. The lowest BCUT2D eigenvalue weighted by atomic mass is 9.97. The molecule has 0 aromatic carbocycles. The smallest absolute Gasteiger partial charge is 0.377 e. The van der Waals surface area contributed by atoms with Gasteiger partial charge in [0.15, 0.2) is 0 Å². The molecule has 0 aromatic rings. The highest BCUT2D eigenvalue weighted by Gasteiger charge is 2.36. The molecule has 5 nitrogen and oxygen atoms in total. The van der Waals surface area contributed by atoms with E-state index in [1.54, 1.807) is 41.9 Å². The van der Waals surface area contributed by atoms with Gasteiger partial charge in [-0.25, -0.2) is 0 Å². The molecular formula is C12H30N2O3S3Si. The van der Waals surface area contributed by atoms with E-state index in [2.05, 4.69) is 0 Å². The van der Waals surface area contributed by atoms with Gasteiger partial charge >= 0.3 is 8.80 Å². The summed E-state index contributed by atoms with van der Waals surface area (Å²) in [6.07, 6.45) is 7.68. The Morgan fingerprint density at radius 3 is 2.00 bits per heavy atom. The van der Waals surface area contributed by atoms with Crippen molar-refractivity contribution in [2.45, 2.75) is 50.6 Å². The van der Waals surface area contributed by atoms with Gasteiger partial charge in [-0.3, -0.25) is 5.14 Å². The molecular weight excluding hydrogens is 344 g/mol. The molecule has 9 heteroatoms. The third kappa shape index (κ3) is 11.3. The average molecular weight is 375 g/mol. The van der Waals surface area contributed by atoms with Gasteiger partial charge in [0.05, 0.1) is 0 Å². The van der Waals surface area contributed by atoms with Gasteiger partial charge in [-0.15, -0.1) is 0 Å². The van der Waals surface area contributed by atoms with E-state index in [1.165, 1.54) is 43.1 Å². The quantitative estimate of drug-likeness (QED) is 0.275. The van der Waals surface area contributed by atoms with Crippen molar-refractivity contribution in [1.82, 2.24) is 0 Å². The van der Waals surface area contributed by atoms with Crippen LogP contribution in [0.2, 0.25) is 6.04 Å². The molecule has 0 aliphatic heterocycles. The van der Waals surface area contributed by atoms with Crippen LogP contribution in [-0.2, 0) is 13.3 Å². The van der Waals surface area contributed by atoms with Gasteiger partial charge in [0.2, 0.25) is 0 Å². The Labute approximate surface area is 142 Å². The molecule has 1 saturated carbocycles. The Morgan fingerprint density at radius 2 is 1.62 bits per heavy atom. The Balaban J connectivity index is 0.000000471. The predicted octanol–water partition coefficient (Wildman–Crippen LogP) is 3.44. The average Bonchev–Trinajstić information content (AvgIpc) is 2.53. The van der Waals surface area contributed by atoms with Gasteiger partial charge in [0.25, 0.3) is 0 Å². The minimum atomic E-state index is -2.34.